The smallest absolute Gasteiger partial charge is 0.347 e. The van der Waals surface area contributed by atoms with Gasteiger partial charge in [0.1, 0.15) is 5.75 Å². The molecule has 1 rings (SSSR count). The summed E-state index contributed by atoms with van der Waals surface area (Å²) in [6, 6.07) is 4.81. The van der Waals surface area contributed by atoms with Crippen LogP contribution in [0.4, 0.5) is 0 Å². The van der Waals surface area contributed by atoms with E-state index in [9.17, 15) is 4.79 Å². The van der Waals surface area contributed by atoms with Gasteiger partial charge in [0.2, 0.25) is 0 Å². The van der Waals surface area contributed by atoms with Crippen molar-refractivity contribution in [3.63, 3.8) is 0 Å². The highest BCUT2D eigenvalue weighted by atomic mass is 35.5. The summed E-state index contributed by atoms with van der Waals surface area (Å²) in [6.07, 6.45) is -0.669. The van der Waals surface area contributed by atoms with Gasteiger partial charge in [0.05, 0.1) is 16.7 Å². The lowest BCUT2D eigenvalue weighted by molar-refractivity contribution is -0.150. The van der Waals surface area contributed by atoms with Crippen LogP contribution in [-0.4, -0.2) is 18.7 Å². The highest BCUT2D eigenvalue weighted by molar-refractivity contribution is 6.42. The molecule has 16 heavy (non-hydrogen) atoms. The van der Waals surface area contributed by atoms with Crippen LogP contribution >= 0.6 is 23.2 Å². The first kappa shape index (κ1) is 13.1. The lowest BCUT2D eigenvalue weighted by Crippen LogP contribution is -2.26. The number of hydrogen-bond donors (Lipinski definition) is 0. The molecule has 1 aromatic rings. The minimum Gasteiger partial charge on any atom is -0.479 e. The van der Waals surface area contributed by atoms with E-state index in [-0.39, 0.29) is 0 Å². The lowest BCUT2D eigenvalue weighted by atomic mass is 10.3. The summed E-state index contributed by atoms with van der Waals surface area (Å²) in [4.78, 5) is 11.3. The molecule has 5 heteroatoms. The number of esters is 1. The van der Waals surface area contributed by atoms with E-state index in [1.54, 1.807) is 32.0 Å². The third-order valence-electron chi connectivity index (χ3n) is 1.82. The Hall–Kier alpha value is -0.930. The van der Waals surface area contributed by atoms with Gasteiger partial charge in [0.25, 0.3) is 0 Å². The summed E-state index contributed by atoms with van der Waals surface area (Å²) in [5.41, 5.74) is 0. The predicted octanol–water partition coefficient (Wildman–Crippen LogP) is 3.32. The van der Waals surface area contributed by atoms with Crippen molar-refractivity contribution >= 4 is 29.2 Å². The predicted molar refractivity (Wildman–Crippen MR) is 63.2 cm³/mol. The Labute approximate surface area is 104 Å². The van der Waals surface area contributed by atoms with Crippen LogP contribution in [0.25, 0.3) is 0 Å². The van der Waals surface area contributed by atoms with Crippen molar-refractivity contribution in [2.24, 2.45) is 0 Å². The fraction of sp³-hybridized carbons (Fsp3) is 0.364. The molecule has 0 spiro atoms. The minimum absolute atomic E-state index is 0.327. The molecule has 1 atom stereocenters. The molecule has 0 amide bonds. The summed E-state index contributed by atoms with van der Waals surface area (Å²) in [6.45, 7) is 3.68. The van der Waals surface area contributed by atoms with Crippen molar-refractivity contribution in [1.29, 1.82) is 0 Å². The van der Waals surface area contributed by atoms with Crippen molar-refractivity contribution in [3.8, 4) is 5.75 Å². The summed E-state index contributed by atoms with van der Waals surface area (Å²) >= 11 is 11.6. The zero-order chi connectivity index (χ0) is 12.1. The van der Waals surface area contributed by atoms with Gasteiger partial charge >= 0.3 is 5.97 Å². The molecule has 0 heterocycles. The van der Waals surface area contributed by atoms with Gasteiger partial charge in [-0.2, -0.15) is 0 Å². The van der Waals surface area contributed by atoms with Crippen LogP contribution < -0.4 is 4.74 Å². The van der Waals surface area contributed by atoms with Gasteiger partial charge in [0.15, 0.2) is 6.10 Å². The zero-order valence-corrected chi connectivity index (χ0v) is 10.5. The monoisotopic (exact) mass is 262 g/mol. The first-order valence-electron chi connectivity index (χ1n) is 4.83. The van der Waals surface area contributed by atoms with E-state index < -0.39 is 12.1 Å². The van der Waals surface area contributed by atoms with E-state index in [0.29, 0.717) is 22.4 Å². The van der Waals surface area contributed by atoms with Gasteiger partial charge in [-0.05, 0) is 26.0 Å². The molecule has 0 bridgehead atoms. The highest BCUT2D eigenvalue weighted by Crippen LogP contribution is 2.26. The van der Waals surface area contributed by atoms with Crippen molar-refractivity contribution in [1.82, 2.24) is 0 Å². The van der Waals surface area contributed by atoms with E-state index >= 15 is 0 Å². The van der Waals surface area contributed by atoms with Gasteiger partial charge in [-0.3, -0.25) is 0 Å². The van der Waals surface area contributed by atoms with E-state index in [2.05, 4.69) is 0 Å². The van der Waals surface area contributed by atoms with Crippen LogP contribution in [0.15, 0.2) is 18.2 Å². The second-order valence-corrected chi connectivity index (χ2v) is 3.90. The van der Waals surface area contributed by atoms with Gasteiger partial charge < -0.3 is 9.47 Å². The van der Waals surface area contributed by atoms with E-state index in [1.807, 2.05) is 0 Å². The molecule has 0 saturated heterocycles. The molecule has 0 fully saturated rings. The van der Waals surface area contributed by atoms with Crippen LogP contribution in [0.5, 0.6) is 5.75 Å². The molecule has 0 unspecified atom stereocenters. The average Bonchev–Trinajstić information content (AvgIpc) is 2.24. The molecular formula is C11H12Cl2O3. The molecule has 0 radical (unpaired) electrons. The molecule has 0 aliphatic rings. The fourth-order valence-corrected chi connectivity index (χ4v) is 1.35. The first-order valence-corrected chi connectivity index (χ1v) is 5.58. The molecule has 0 saturated carbocycles. The molecule has 0 aliphatic carbocycles. The number of ether oxygens (including phenoxy) is 2. The van der Waals surface area contributed by atoms with Gasteiger partial charge in [-0.15, -0.1) is 0 Å². The van der Waals surface area contributed by atoms with Crippen molar-refractivity contribution in [2.75, 3.05) is 6.61 Å². The maximum absolute atomic E-state index is 11.3. The van der Waals surface area contributed by atoms with Crippen molar-refractivity contribution in [2.45, 2.75) is 20.0 Å². The third kappa shape index (κ3) is 3.58. The highest BCUT2D eigenvalue weighted by Gasteiger charge is 2.15. The third-order valence-corrected chi connectivity index (χ3v) is 2.56. The van der Waals surface area contributed by atoms with Crippen LogP contribution in [-0.2, 0) is 9.53 Å². The maximum atomic E-state index is 11.3. The normalized spacial score (nSPS) is 12.0. The summed E-state index contributed by atoms with van der Waals surface area (Å²) in [5.74, 6) is 0.0727. The standard InChI is InChI=1S/C11H12Cl2O3/c1-3-15-11(14)7(2)16-8-4-5-9(12)10(13)6-8/h4-7H,3H2,1-2H3/t7-/m0/s1. The van der Waals surface area contributed by atoms with E-state index in [0.717, 1.165) is 0 Å². The average molecular weight is 263 g/mol. The van der Waals surface area contributed by atoms with Gasteiger partial charge in [-0.1, -0.05) is 23.2 Å². The first-order chi connectivity index (χ1) is 7.54. The van der Waals surface area contributed by atoms with E-state index in [1.165, 1.54) is 0 Å². The number of benzene rings is 1. The summed E-state index contributed by atoms with van der Waals surface area (Å²) in [7, 11) is 0. The molecule has 0 aromatic heterocycles. The quantitative estimate of drug-likeness (QED) is 0.781. The van der Waals surface area contributed by atoms with Crippen molar-refractivity contribution in [3.05, 3.63) is 28.2 Å². The lowest BCUT2D eigenvalue weighted by Gasteiger charge is -2.13. The van der Waals surface area contributed by atoms with Crippen LogP contribution in [0, 0.1) is 0 Å². The minimum atomic E-state index is -0.669. The summed E-state index contributed by atoms with van der Waals surface area (Å²) < 4.78 is 10.2. The Bertz CT molecular complexity index is 379. The maximum Gasteiger partial charge on any atom is 0.347 e. The number of carbonyl (C=O) groups is 1. The molecule has 0 N–H and O–H groups in total. The fourth-order valence-electron chi connectivity index (χ4n) is 1.06. The Kier molecular flexibility index (Phi) is 4.90. The number of halogens is 2. The Morgan fingerprint density at radius 3 is 2.62 bits per heavy atom. The SMILES string of the molecule is CCOC(=O)[C@H](C)Oc1ccc(Cl)c(Cl)c1. The van der Waals surface area contributed by atoms with Crippen molar-refractivity contribution < 1.29 is 14.3 Å². The largest absolute Gasteiger partial charge is 0.479 e. The topological polar surface area (TPSA) is 35.5 Å². The summed E-state index contributed by atoms with van der Waals surface area (Å²) in [5, 5.41) is 0.827. The zero-order valence-electron chi connectivity index (χ0n) is 9.00. The number of rotatable bonds is 4. The molecule has 3 nitrogen and oxygen atoms in total. The molecule has 88 valence electrons. The second-order valence-electron chi connectivity index (χ2n) is 3.09. The number of hydrogen-bond acceptors (Lipinski definition) is 3. The van der Waals surface area contributed by atoms with Crippen LogP contribution in [0.1, 0.15) is 13.8 Å². The second kappa shape index (κ2) is 5.97. The number of carbonyl (C=O) groups excluding carboxylic acids is 1. The van der Waals surface area contributed by atoms with Gasteiger partial charge in [0, 0.05) is 6.07 Å². The van der Waals surface area contributed by atoms with Gasteiger partial charge in [-0.25, -0.2) is 4.79 Å². The van der Waals surface area contributed by atoms with Crippen LogP contribution in [0.2, 0.25) is 10.0 Å². The Balaban J connectivity index is 2.66. The Morgan fingerprint density at radius 1 is 1.38 bits per heavy atom. The van der Waals surface area contributed by atoms with E-state index in [4.69, 9.17) is 32.7 Å². The molecular weight excluding hydrogens is 251 g/mol. The molecule has 1 aromatic carbocycles. The molecule has 0 aliphatic heterocycles. The van der Waals surface area contributed by atoms with Crippen LogP contribution in [0.3, 0.4) is 0 Å². The Morgan fingerprint density at radius 2 is 2.06 bits per heavy atom.